The van der Waals surface area contributed by atoms with Crippen molar-refractivity contribution in [2.45, 2.75) is 0 Å². The van der Waals surface area contributed by atoms with Crippen molar-refractivity contribution in [2.24, 2.45) is 0 Å². The van der Waals surface area contributed by atoms with E-state index in [1.54, 1.807) is 12.1 Å². The highest BCUT2D eigenvalue weighted by molar-refractivity contribution is 5.77. The van der Waals surface area contributed by atoms with E-state index < -0.39 is 11.2 Å². The molecule has 1 aromatic heterocycles. The third kappa shape index (κ3) is 1.25. The molecule has 72 valence electrons. The Morgan fingerprint density at radius 1 is 1.43 bits per heavy atom. The van der Waals surface area contributed by atoms with Crippen molar-refractivity contribution in [1.82, 2.24) is 0 Å². The largest absolute Gasteiger partial charge is 0.497 e. The average Bonchev–Trinajstić information content (AvgIpc) is 2.23. The van der Waals surface area contributed by atoms with E-state index in [0.29, 0.717) is 11.3 Å². The molecule has 4 heteroatoms. The number of halogens is 1. The maximum Gasteiger partial charge on any atom is 0.228 e. The van der Waals surface area contributed by atoms with Crippen LogP contribution in [0.4, 0.5) is 4.39 Å². The van der Waals surface area contributed by atoms with Crippen LogP contribution in [0.15, 0.2) is 33.7 Å². The Morgan fingerprint density at radius 3 is 2.93 bits per heavy atom. The van der Waals surface area contributed by atoms with Gasteiger partial charge in [0, 0.05) is 0 Å². The normalized spacial score (nSPS) is 10.4. The number of hydrogen-bond donors (Lipinski definition) is 0. The molecule has 2 aromatic rings. The molecule has 2 rings (SSSR count). The zero-order chi connectivity index (χ0) is 10.1. The van der Waals surface area contributed by atoms with Crippen molar-refractivity contribution < 1.29 is 13.5 Å². The minimum Gasteiger partial charge on any atom is -0.497 e. The molecule has 0 amide bonds. The van der Waals surface area contributed by atoms with Crippen molar-refractivity contribution in [2.75, 3.05) is 7.11 Å². The summed E-state index contributed by atoms with van der Waals surface area (Å²) in [6.45, 7) is 0. The van der Waals surface area contributed by atoms with Gasteiger partial charge in [-0.2, -0.15) is 4.39 Å². The summed E-state index contributed by atoms with van der Waals surface area (Å²) in [5.74, 6) is -0.402. The molecule has 0 saturated carbocycles. The van der Waals surface area contributed by atoms with Crippen LogP contribution in [-0.2, 0) is 0 Å². The topological polar surface area (TPSA) is 39.4 Å². The zero-order valence-electron chi connectivity index (χ0n) is 7.41. The number of ether oxygens (including phenoxy) is 1. The van der Waals surface area contributed by atoms with E-state index in [9.17, 15) is 9.18 Å². The number of methoxy groups -OCH3 is 1. The second-order valence-electron chi connectivity index (χ2n) is 2.77. The van der Waals surface area contributed by atoms with Crippen LogP contribution in [0.5, 0.6) is 5.75 Å². The molecule has 0 radical (unpaired) electrons. The van der Waals surface area contributed by atoms with Gasteiger partial charge in [0.25, 0.3) is 0 Å². The lowest BCUT2D eigenvalue weighted by Crippen LogP contribution is -2.05. The van der Waals surface area contributed by atoms with Gasteiger partial charge in [0.1, 0.15) is 17.6 Å². The van der Waals surface area contributed by atoms with E-state index in [4.69, 9.17) is 9.15 Å². The SMILES string of the molecule is COc1ccc2occ(F)c(=O)c2c1. The number of rotatable bonds is 1. The fraction of sp³-hybridized carbons (Fsp3) is 0.100. The fourth-order valence-corrected chi connectivity index (χ4v) is 1.21. The van der Waals surface area contributed by atoms with Gasteiger partial charge in [0.2, 0.25) is 11.2 Å². The van der Waals surface area contributed by atoms with Crippen LogP contribution in [-0.4, -0.2) is 7.11 Å². The summed E-state index contributed by atoms with van der Waals surface area (Å²) >= 11 is 0. The van der Waals surface area contributed by atoms with Crippen molar-refractivity contribution in [3.8, 4) is 5.75 Å². The molecule has 0 fully saturated rings. The van der Waals surface area contributed by atoms with Gasteiger partial charge in [-0.05, 0) is 18.2 Å². The van der Waals surface area contributed by atoms with Gasteiger partial charge < -0.3 is 9.15 Å². The van der Waals surface area contributed by atoms with Gasteiger partial charge in [0.05, 0.1) is 12.5 Å². The molecule has 0 aliphatic rings. The Hall–Kier alpha value is -1.84. The molecular weight excluding hydrogens is 187 g/mol. The first-order valence-electron chi connectivity index (χ1n) is 3.97. The van der Waals surface area contributed by atoms with E-state index in [1.165, 1.54) is 13.2 Å². The van der Waals surface area contributed by atoms with Crippen LogP contribution in [0.1, 0.15) is 0 Å². The summed E-state index contributed by atoms with van der Waals surface area (Å²) in [4.78, 5) is 11.3. The molecule has 1 heterocycles. The smallest absolute Gasteiger partial charge is 0.228 e. The Kier molecular flexibility index (Phi) is 1.96. The van der Waals surface area contributed by atoms with E-state index >= 15 is 0 Å². The monoisotopic (exact) mass is 194 g/mol. The van der Waals surface area contributed by atoms with Crippen LogP contribution in [0.25, 0.3) is 11.0 Å². The minimum absolute atomic E-state index is 0.185. The predicted molar refractivity (Wildman–Crippen MR) is 49.0 cm³/mol. The molecule has 0 bridgehead atoms. The van der Waals surface area contributed by atoms with Gasteiger partial charge in [-0.1, -0.05) is 0 Å². The highest BCUT2D eigenvalue weighted by Gasteiger charge is 2.06. The highest BCUT2D eigenvalue weighted by Crippen LogP contribution is 2.17. The molecule has 3 nitrogen and oxygen atoms in total. The molecular formula is C10H7FO3. The average molecular weight is 194 g/mol. The van der Waals surface area contributed by atoms with Crippen LogP contribution in [0, 0.1) is 5.82 Å². The van der Waals surface area contributed by atoms with E-state index in [1.807, 2.05) is 0 Å². The van der Waals surface area contributed by atoms with Crippen molar-refractivity contribution >= 4 is 11.0 Å². The molecule has 14 heavy (non-hydrogen) atoms. The first-order valence-corrected chi connectivity index (χ1v) is 3.97. The molecule has 0 aliphatic heterocycles. The van der Waals surface area contributed by atoms with Crippen LogP contribution in [0.3, 0.4) is 0 Å². The molecule has 0 spiro atoms. The van der Waals surface area contributed by atoms with Gasteiger partial charge in [0.15, 0.2) is 0 Å². The van der Waals surface area contributed by atoms with Crippen LogP contribution < -0.4 is 10.2 Å². The van der Waals surface area contributed by atoms with Crippen molar-refractivity contribution in [3.63, 3.8) is 0 Å². The minimum atomic E-state index is -0.897. The van der Waals surface area contributed by atoms with E-state index in [-0.39, 0.29) is 5.39 Å². The van der Waals surface area contributed by atoms with Crippen molar-refractivity contribution in [3.05, 3.63) is 40.5 Å². The summed E-state index contributed by atoms with van der Waals surface area (Å²) in [5, 5.41) is 0.185. The Labute approximate surface area is 78.7 Å². The van der Waals surface area contributed by atoms with Crippen LogP contribution >= 0.6 is 0 Å². The molecule has 0 unspecified atom stereocenters. The Morgan fingerprint density at radius 2 is 2.21 bits per heavy atom. The highest BCUT2D eigenvalue weighted by atomic mass is 19.1. The quantitative estimate of drug-likeness (QED) is 0.696. The Balaban J connectivity index is 2.85. The summed E-state index contributed by atoms with van der Waals surface area (Å²) in [5.41, 5.74) is -0.331. The third-order valence-electron chi connectivity index (χ3n) is 1.94. The second-order valence-corrected chi connectivity index (χ2v) is 2.77. The number of fused-ring (bicyclic) bond motifs is 1. The first kappa shape index (κ1) is 8.74. The van der Waals surface area contributed by atoms with E-state index in [0.717, 1.165) is 6.26 Å². The Bertz CT molecular complexity index is 530. The zero-order valence-corrected chi connectivity index (χ0v) is 7.41. The molecule has 0 aliphatic carbocycles. The van der Waals surface area contributed by atoms with Gasteiger partial charge in [-0.3, -0.25) is 4.79 Å². The maximum absolute atomic E-state index is 12.8. The molecule has 1 aromatic carbocycles. The molecule has 0 saturated heterocycles. The van der Waals surface area contributed by atoms with E-state index in [2.05, 4.69) is 0 Å². The predicted octanol–water partition coefficient (Wildman–Crippen LogP) is 1.94. The summed E-state index contributed by atoms with van der Waals surface area (Å²) in [7, 11) is 1.47. The number of hydrogen-bond acceptors (Lipinski definition) is 3. The van der Waals surface area contributed by atoms with Gasteiger partial charge >= 0.3 is 0 Å². The lowest BCUT2D eigenvalue weighted by molar-refractivity contribution is 0.415. The molecule has 0 atom stereocenters. The van der Waals surface area contributed by atoms with Crippen molar-refractivity contribution in [1.29, 1.82) is 0 Å². The van der Waals surface area contributed by atoms with Gasteiger partial charge in [-0.15, -0.1) is 0 Å². The second kappa shape index (κ2) is 3.14. The third-order valence-corrected chi connectivity index (χ3v) is 1.94. The standard InChI is InChI=1S/C10H7FO3/c1-13-6-2-3-9-7(4-6)10(12)8(11)5-14-9/h2-5H,1H3. The lowest BCUT2D eigenvalue weighted by Gasteiger charge is -2.00. The summed E-state index contributed by atoms with van der Waals surface area (Å²) in [6.07, 6.45) is 0.803. The first-order chi connectivity index (χ1) is 6.72. The van der Waals surface area contributed by atoms with Crippen LogP contribution in [0.2, 0.25) is 0 Å². The van der Waals surface area contributed by atoms with Gasteiger partial charge in [-0.25, -0.2) is 0 Å². The summed E-state index contributed by atoms with van der Waals surface area (Å²) in [6, 6.07) is 4.66. The lowest BCUT2D eigenvalue weighted by atomic mass is 10.2. The summed E-state index contributed by atoms with van der Waals surface area (Å²) < 4.78 is 22.6. The fourth-order valence-electron chi connectivity index (χ4n) is 1.21. The number of benzene rings is 1. The maximum atomic E-state index is 12.8. The molecule has 0 N–H and O–H groups in total.